The third kappa shape index (κ3) is 4.00. The van der Waals surface area contributed by atoms with E-state index in [1.54, 1.807) is 10.9 Å². The number of likely N-dealkylation sites (tertiary alicyclic amines) is 1. The molecule has 0 saturated carbocycles. The number of amides is 1. The molecule has 0 unspecified atom stereocenters. The van der Waals surface area contributed by atoms with Crippen LogP contribution in [0.15, 0.2) is 36.5 Å². The van der Waals surface area contributed by atoms with Gasteiger partial charge >= 0.3 is 0 Å². The number of pyridine rings is 1. The van der Waals surface area contributed by atoms with Gasteiger partial charge in [0.1, 0.15) is 0 Å². The first-order valence-electron chi connectivity index (χ1n) is 10.5. The molecule has 2 aromatic heterocycles. The van der Waals surface area contributed by atoms with E-state index in [2.05, 4.69) is 20.2 Å². The highest BCUT2D eigenvalue weighted by Gasteiger charge is 2.23. The van der Waals surface area contributed by atoms with Crippen molar-refractivity contribution in [1.29, 1.82) is 0 Å². The summed E-state index contributed by atoms with van der Waals surface area (Å²) in [6.45, 7) is 8.75. The lowest BCUT2D eigenvalue weighted by Gasteiger charge is -2.22. The van der Waals surface area contributed by atoms with Crippen molar-refractivity contribution < 1.29 is 4.79 Å². The van der Waals surface area contributed by atoms with Crippen LogP contribution in [0.4, 0.5) is 0 Å². The Hall–Kier alpha value is -2.80. The average molecular weight is 393 g/mol. The molecular formula is C22H28N6O. The van der Waals surface area contributed by atoms with Crippen molar-refractivity contribution in [3.63, 3.8) is 0 Å². The molecule has 1 aliphatic rings. The lowest BCUT2D eigenvalue weighted by atomic mass is 10.2. The fourth-order valence-corrected chi connectivity index (χ4v) is 4.06. The number of para-hydroxylation sites is 1. The quantitative estimate of drug-likeness (QED) is 0.618. The van der Waals surface area contributed by atoms with Gasteiger partial charge in [-0.2, -0.15) is 0 Å². The van der Waals surface area contributed by atoms with Gasteiger partial charge in [-0.25, -0.2) is 4.68 Å². The van der Waals surface area contributed by atoms with Gasteiger partial charge in [-0.15, -0.1) is 5.10 Å². The summed E-state index contributed by atoms with van der Waals surface area (Å²) in [4.78, 5) is 22.0. The number of benzene rings is 1. The Morgan fingerprint density at radius 2 is 1.97 bits per heavy atom. The summed E-state index contributed by atoms with van der Waals surface area (Å²) in [5.41, 5.74) is 2.84. The van der Waals surface area contributed by atoms with E-state index in [4.69, 9.17) is 0 Å². The molecule has 1 aliphatic heterocycles. The van der Waals surface area contributed by atoms with Gasteiger partial charge in [-0.3, -0.25) is 9.78 Å². The minimum atomic E-state index is -0.0501. The number of hydrogen-bond acceptors (Lipinski definition) is 5. The first-order chi connectivity index (χ1) is 14.2. The molecule has 3 aromatic rings. The molecule has 1 amide bonds. The van der Waals surface area contributed by atoms with E-state index >= 15 is 0 Å². The van der Waals surface area contributed by atoms with Gasteiger partial charge in [-0.1, -0.05) is 23.4 Å². The monoisotopic (exact) mass is 392 g/mol. The number of carbonyl (C=O) groups excluding carboxylic acids is 1. The SMILES string of the molecule is CCN(CCCN1CCCC1)C(=O)c1nnn(-c2cccc3cccnc23)c1C. The van der Waals surface area contributed by atoms with Crippen molar-refractivity contribution in [2.45, 2.75) is 33.1 Å². The molecule has 0 N–H and O–H groups in total. The summed E-state index contributed by atoms with van der Waals surface area (Å²) < 4.78 is 1.72. The van der Waals surface area contributed by atoms with Crippen molar-refractivity contribution in [2.75, 3.05) is 32.7 Å². The van der Waals surface area contributed by atoms with Crippen LogP contribution in [-0.2, 0) is 0 Å². The second kappa shape index (κ2) is 8.69. The highest BCUT2D eigenvalue weighted by molar-refractivity contribution is 5.94. The average Bonchev–Trinajstić information content (AvgIpc) is 3.40. The Labute approximate surface area is 171 Å². The standard InChI is InChI=1S/C22H28N6O/c1-3-27(16-8-15-26-13-4-5-14-26)22(29)20-17(2)28(25-24-20)19-11-6-9-18-10-7-12-23-21(18)19/h6-7,9-12H,3-5,8,13-16H2,1-2H3. The second-order valence-corrected chi connectivity index (χ2v) is 7.57. The number of rotatable bonds is 7. The van der Waals surface area contributed by atoms with Crippen LogP contribution >= 0.6 is 0 Å². The lowest BCUT2D eigenvalue weighted by molar-refractivity contribution is 0.0751. The molecule has 152 valence electrons. The minimum absolute atomic E-state index is 0.0501. The summed E-state index contributed by atoms with van der Waals surface area (Å²) in [6.07, 6.45) is 5.34. The molecule has 1 saturated heterocycles. The van der Waals surface area contributed by atoms with Crippen LogP contribution < -0.4 is 0 Å². The maximum absolute atomic E-state index is 13.1. The maximum Gasteiger partial charge on any atom is 0.276 e. The van der Waals surface area contributed by atoms with Gasteiger partial charge in [0.05, 0.1) is 16.9 Å². The number of fused-ring (bicyclic) bond motifs is 1. The van der Waals surface area contributed by atoms with Crippen LogP contribution in [-0.4, -0.2) is 68.4 Å². The molecule has 0 aliphatic carbocycles. The van der Waals surface area contributed by atoms with Crippen LogP contribution in [0, 0.1) is 6.92 Å². The second-order valence-electron chi connectivity index (χ2n) is 7.57. The molecule has 29 heavy (non-hydrogen) atoms. The Morgan fingerprint density at radius 1 is 1.17 bits per heavy atom. The summed E-state index contributed by atoms with van der Waals surface area (Å²) in [5.74, 6) is -0.0501. The molecular weight excluding hydrogens is 364 g/mol. The summed E-state index contributed by atoms with van der Waals surface area (Å²) in [5, 5.41) is 9.56. The number of hydrogen-bond donors (Lipinski definition) is 0. The van der Waals surface area contributed by atoms with E-state index in [1.165, 1.54) is 25.9 Å². The third-order valence-electron chi connectivity index (χ3n) is 5.71. The predicted octanol–water partition coefficient (Wildman–Crippen LogP) is 3.07. The third-order valence-corrected chi connectivity index (χ3v) is 5.71. The summed E-state index contributed by atoms with van der Waals surface area (Å²) >= 11 is 0. The van der Waals surface area contributed by atoms with Crippen molar-refractivity contribution in [1.82, 2.24) is 29.8 Å². The highest BCUT2D eigenvalue weighted by atomic mass is 16.2. The highest BCUT2D eigenvalue weighted by Crippen LogP contribution is 2.21. The predicted molar refractivity (Wildman–Crippen MR) is 113 cm³/mol. The van der Waals surface area contributed by atoms with Crippen LogP contribution in [0.25, 0.3) is 16.6 Å². The molecule has 0 spiro atoms. The van der Waals surface area contributed by atoms with Crippen molar-refractivity contribution in [3.05, 3.63) is 47.9 Å². The van der Waals surface area contributed by atoms with Crippen LogP contribution in [0.5, 0.6) is 0 Å². The molecule has 0 bridgehead atoms. The normalized spacial score (nSPS) is 14.6. The smallest absolute Gasteiger partial charge is 0.276 e. The molecule has 0 atom stereocenters. The van der Waals surface area contributed by atoms with E-state index in [0.29, 0.717) is 12.2 Å². The van der Waals surface area contributed by atoms with Crippen molar-refractivity contribution >= 4 is 16.8 Å². The maximum atomic E-state index is 13.1. The van der Waals surface area contributed by atoms with Gasteiger partial charge in [0.25, 0.3) is 5.91 Å². The number of carbonyl (C=O) groups is 1. The largest absolute Gasteiger partial charge is 0.337 e. The van der Waals surface area contributed by atoms with E-state index in [0.717, 1.165) is 41.8 Å². The van der Waals surface area contributed by atoms with E-state index < -0.39 is 0 Å². The number of nitrogens with zero attached hydrogens (tertiary/aromatic N) is 6. The van der Waals surface area contributed by atoms with E-state index in [1.807, 2.05) is 49.1 Å². The lowest BCUT2D eigenvalue weighted by Crippen LogP contribution is -2.34. The molecule has 1 aromatic carbocycles. The Bertz CT molecular complexity index is 987. The first kappa shape index (κ1) is 19.5. The summed E-state index contributed by atoms with van der Waals surface area (Å²) in [7, 11) is 0. The Kier molecular flexibility index (Phi) is 5.85. The molecule has 7 nitrogen and oxygen atoms in total. The van der Waals surface area contributed by atoms with Crippen LogP contribution in [0.3, 0.4) is 0 Å². The zero-order chi connectivity index (χ0) is 20.2. The zero-order valence-corrected chi connectivity index (χ0v) is 17.2. The topological polar surface area (TPSA) is 67.2 Å². The minimum Gasteiger partial charge on any atom is -0.337 e. The Balaban J connectivity index is 1.52. The van der Waals surface area contributed by atoms with Crippen LogP contribution in [0.2, 0.25) is 0 Å². The molecule has 4 rings (SSSR count). The van der Waals surface area contributed by atoms with Gasteiger partial charge < -0.3 is 9.80 Å². The van der Waals surface area contributed by atoms with Gasteiger partial charge in [-0.05, 0) is 64.9 Å². The van der Waals surface area contributed by atoms with E-state index in [9.17, 15) is 4.79 Å². The molecule has 7 heteroatoms. The number of aromatic nitrogens is 4. The van der Waals surface area contributed by atoms with Crippen molar-refractivity contribution in [3.8, 4) is 5.69 Å². The fourth-order valence-electron chi connectivity index (χ4n) is 4.06. The molecule has 3 heterocycles. The molecule has 0 radical (unpaired) electrons. The van der Waals surface area contributed by atoms with Gasteiger partial charge in [0, 0.05) is 24.7 Å². The van der Waals surface area contributed by atoms with Crippen LogP contribution in [0.1, 0.15) is 42.4 Å². The Morgan fingerprint density at radius 3 is 2.76 bits per heavy atom. The van der Waals surface area contributed by atoms with Gasteiger partial charge in [0.15, 0.2) is 5.69 Å². The van der Waals surface area contributed by atoms with Gasteiger partial charge in [0.2, 0.25) is 0 Å². The first-order valence-corrected chi connectivity index (χ1v) is 10.5. The zero-order valence-electron chi connectivity index (χ0n) is 17.2. The van der Waals surface area contributed by atoms with E-state index in [-0.39, 0.29) is 5.91 Å². The molecule has 1 fully saturated rings. The summed E-state index contributed by atoms with van der Waals surface area (Å²) in [6, 6.07) is 9.88. The fraction of sp³-hybridized carbons (Fsp3) is 0.455. The van der Waals surface area contributed by atoms with Crippen molar-refractivity contribution in [2.24, 2.45) is 0 Å².